The standard InChI is InChI=1S/C29H36N4O5/c1-6-38-28(35)25-24(31(4)29(36)30-26(25)21-12-10-19(2)11-13-21)18-32-14-15-33(20(3)17-32)27(34)22-8-7-9-23(16-22)37-5/h7-13,16,20,26H,6,14-15,17-18H2,1-5H3,(H,30,36)/t20-,26+/m0/s1. The van der Waals surface area contributed by atoms with E-state index in [4.69, 9.17) is 9.47 Å². The molecule has 2 atom stereocenters. The Morgan fingerprint density at radius 1 is 1.11 bits per heavy atom. The zero-order valence-electron chi connectivity index (χ0n) is 22.7. The molecule has 0 bridgehead atoms. The van der Waals surface area contributed by atoms with Gasteiger partial charge in [-0.15, -0.1) is 0 Å². The van der Waals surface area contributed by atoms with Gasteiger partial charge in [0.25, 0.3) is 5.91 Å². The summed E-state index contributed by atoms with van der Waals surface area (Å²) in [4.78, 5) is 45.0. The van der Waals surface area contributed by atoms with Crippen LogP contribution in [0.25, 0.3) is 0 Å². The highest BCUT2D eigenvalue weighted by Gasteiger charge is 2.38. The van der Waals surface area contributed by atoms with Crippen molar-refractivity contribution in [2.45, 2.75) is 32.9 Å². The van der Waals surface area contributed by atoms with Gasteiger partial charge >= 0.3 is 12.0 Å². The number of rotatable bonds is 7. The highest BCUT2D eigenvalue weighted by atomic mass is 16.5. The third-order valence-corrected chi connectivity index (χ3v) is 7.15. The second-order valence-electron chi connectivity index (χ2n) is 9.75. The van der Waals surface area contributed by atoms with Crippen LogP contribution >= 0.6 is 0 Å². The SMILES string of the molecule is CCOC(=O)C1=C(CN2CCN(C(=O)c3cccc(OC)c3)[C@@H](C)C2)N(C)C(=O)N[C@@H]1c1ccc(C)cc1. The summed E-state index contributed by atoms with van der Waals surface area (Å²) in [6.45, 7) is 8.11. The van der Waals surface area contributed by atoms with Gasteiger partial charge in [0.15, 0.2) is 0 Å². The molecule has 2 aromatic carbocycles. The molecule has 0 saturated carbocycles. The Bertz CT molecular complexity index is 1230. The molecule has 1 saturated heterocycles. The number of likely N-dealkylation sites (N-methyl/N-ethyl adjacent to an activating group) is 1. The minimum Gasteiger partial charge on any atom is -0.497 e. The first-order chi connectivity index (χ1) is 18.2. The van der Waals surface area contributed by atoms with Crippen molar-refractivity contribution in [2.75, 3.05) is 46.9 Å². The topological polar surface area (TPSA) is 91.4 Å². The number of carbonyl (C=O) groups is 3. The lowest BCUT2D eigenvalue weighted by molar-refractivity contribution is -0.139. The Hall–Kier alpha value is -3.85. The smallest absolute Gasteiger partial charge is 0.338 e. The van der Waals surface area contributed by atoms with E-state index < -0.39 is 12.0 Å². The molecule has 38 heavy (non-hydrogen) atoms. The van der Waals surface area contributed by atoms with Crippen molar-refractivity contribution in [2.24, 2.45) is 0 Å². The summed E-state index contributed by atoms with van der Waals surface area (Å²) >= 11 is 0. The van der Waals surface area contributed by atoms with Crippen molar-refractivity contribution < 1.29 is 23.9 Å². The van der Waals surface area contributed by atoms with E-state index in [0.717, 1.165) is 11.1 Å². The van der Waals surface area contributed by atoms with E-state index in [0.29, 0.717) is 48.8 Å². The number of nitrogens with zero attached hydrogens (tertiary/aromatic N) is 3. The minimum absolute atomic E-state index is 0.0453. The van der Waals surface area contributed by atoms with Gasteiger partial charge in [-0.2, -0.15) is 0 Å². The van der Waals surface area contributed by atoms with Crippen LogP contribution in [0.2, 0.25) is 0 Å². The number of ether oxygens (including phenoxy) is 2. The van der Waals surface area contributed by atoms with Gasteiger partial charge in [-0.1, -0.05) is 35.9 Å². The molecule has 2 aromatic rings. The van der Waals surface area contributed by atoms with E-state index in [1.165, 1.54) is 4.90 Å². The third-order valence-electron chi connectivity index (χ3n) is 7.15. The maximum atomic E-state index is 13.2. The highest BCUT2D eigenvalue weighted by Crippen LogP contribution is 2.32. The Labute approximate surface area is 224 Å². The second-order valence-corrected chi connectivity index (χ2v) is 9.75. The number of hydrogen-bond donors (Lipinski definition) is 1. The van der Waals surface area contributed by atoms with Crippen LogP contribution in [0.3, 0.4) is 0 Å². The molecule has 2 aliphatic rings. The van der Waals surface area contributed by atoms with E-state index in [1.807, 2.05) is 55.1 Å². The van der Waals surface area contributed by atoms with Gasteiger partial charge in [-0.25, -0.2) is 9.59 Å². The van der Waals surface area contributed by atoms with Crippen LogP contribution < -0.4 is 10.1 Å². The van der Waals surface area contributed by atoms with E-state index >= 15 is 0 Å². The molecule has 9 heteroatoms. The summed E-state index contributed by atoms with van der Waals surface area (Å²) in [5.41, 5.74) is 3.53. The zero-order chi connectivity index (χ0) is 27.4. The second kappa shape index (κ2) is 11.7. The van der Waals surface area contributed by atoms with Crippen LogP contribution in [-0.4, -0.2) is 85.6 Å². The molecule has 9 nitrogen and oxygen atoms in total. The summed E-state index contributed by atoms with van der Waals surface area (Å²) < 4.78 is 10.7. The van der Waals surface area contributed by atoms with E-state index in [1.54, 1.807) is 33.2 Å². The van der Waals surface area contributed by atoms with Gasteiger partial charge in [0.1, 0.15) is 5.75 Å². The van der Waals surface area contributed by atoms with Crippen molar-refractivity contribution in [3.63, 3.8) is 0 Å². The Balaban J connectivity index is 1.58. The predicted molar refractivity (Wildman–Crippen MR) is 144 cm³/mol. The fraction of sp³-hybridized carbons (Fsp3) is 0.414. The lowest BCUT2D eigenvalue weighted by atomic mass is 9.93. The van der Waals surface area contributed by atoms with E-state index in [2.05, 4.69) is 10.2 Å². The Kier molecular flexibility index (Phi) is 8.36. The summed E-state index contributed by atoms with van der Waals surface area (Å²) in [6.07, 6.45) is 0. The number of esters is 1. The van der Waals surface area contributed by atoms with Crippen LogP contribution in [0.15, 0.2) is 59.8 Å². The molecular formula is C29H36N4O5. The first-order valence-corrected chi connectivity index (χ1v) is 12.9. The van der Waals surface area contributed by atoms with Gasteiger partial charge in [0.05, 0.1) is 25.3 Å². The van der Waals surface area contributed by atoms with Crippen molar-refractivity contribution in [1.29, 1.82) is 0 Å². The average molecular weight is 521 g/mol. The van der Waals surface area contributed by atoms with Crippen LogP contribution in [-0.2, 0) is 9.53 Å². The monoisotopic (exact) mass is 520 g/mol. The summed E-state index contributed by atoms with van der Waals surface area (Å²) in [5.74, 6) is 0.151. The Morgan fingerprint density at radius 2 is 1.84 bits per heavy atom. The maximum Gasteiger partial charge on any atom is 0.338 e. The number of piperazine rings is 1. The number of aryl methyl sites for hydroxylation is 1. The van der Waals surface area contributed by atoms with Crippen molar-refractivity contribution >= 4 is 17.9 Å². The molecule has 2 heterocycles. The normalized spacial score (nSPS) is 20.3. The number of amides is 3. The molecule has 0 aromatic heterocycles. The molecule has 3 amide bonds. The first kappa shape index (κ1) is 27.2. The molecule has 2 aliphatic heterocycles. The number of urea groups is 1. The van der Waals surface area contributed by atoms with Gasteiger partial charge in [0, 0.05) is 50.5 Å². The van der Waals surface area contributed by atoms with Crippen molar-refractivity contribution in [1.82, 2.24) is 20.0 Å². The third kappa shape index (κ3) is 5.67. The van der Waals surface area contributed by atoms with Crippen molar-refractivity contribution in [3.8, 4) is 5.75 Å². The molecule has 0 unspecified atom stereocenters. The Morgan fingerprint density at radius 3 is 2.50 bits per heavy atom. The van der Waals surface area contributed by atoms with Crippen LogP contribution in [0.5, 0.6) is 5.75 Å². The summed E-state index contributed by atoms with van der Waals surface area (Å²) in [7, 11) is 3.25. The van der Waals surface area contributed by atoms with Gasteiger partial charge < -0.3 is 19.7 Å². The lowest BCUT2D eigenvalue weighted by Gasteiger charge is -2.42. The fourth-order valence-corrected chi connectivity index (χ4v) is 5.02. The van der Waals surface area contributed by atoms with Crippen LogP contribution in [0.4, 0.5) is 4.79 Å². The van der Waals surface area contributed by atoms with Crippen molar-refractivity contribution in [3.05, 3.63) is 76.5 Å². The summed E-state index contributed by atoms with van der Waals surface area (Å²) in [5, 5.41) is 2.96. The molecule has 4 rings (SSSR count). The van der Waals surface area contributed by atoms with Gasteiger partial charge in [-0.3, -0.25) is 14.6 Å². The quantitative estimate of drug-likeness (QED) is 0.563. The number of methoxy groups -OCH3 is 1. The largest absolute Gasteiger partial charge is 0.497 e. The molecule has 0 aliphatic carbocycles. The maximum absolute atomic E-state index is 13.2. The fourth-order valence-electron chi connectivity index (χ4n) is 5.02. The predicted octanol–water partition coefficient (Wildman–Crippen LogP) is 3.36. The van der Waals surface area contributed by atoms with E-state index in [-0.39, 0.29) is 24.6 Å². The van der Waals surface area contributed by atoms with Gasteiger partial charge in [-0.05, 0) is 44.5 Å². The summed E-state index contributed by atoms with van der Waals surface area (Å²) in [6, 6.07) is 14.0. The molecule has 1 fully saturated rings. The molecule has 0 radical (unpaired) electrons. The number of carbonyl (C=O) groups excluding carboxylic acids is 3. The lowest BCUT2D eigenvalue weighted by Crippen LogP contribution is -2.56. The molecular weight excluding hydrogens is 484 g/mol. The molecule has 202 valence electrons. The van der Waals surface area contributed by atoms with Crippen LogP contribution in [0.1, 0.15) is 41.4 Å². The number of nitrogens with one attached hydrogen (secondary N) is 1. The number of hydrogen-bond acceptors (Lipinski definition) is 6. The highest BCUT2D eigenvalue weighted by molar-refractivity contribution is 5.96. The average Bonchev–Trinajstić information content (AvgIpc) is 2.91. The minimum atomic E-state index is -0.610. The molecule has 1 N–H and O–H groups in total. The first-order valence-electron chi connectivity index (χ1n) is 12.9. The van der Waals surface area contributed by atoms with Crippen LogP contribution in [0, 0.1) is 6.92 Å². The molecule has 0 spiro atoms. The van der Waals surface area contributed by atoms with Gasteiger partial charge in [0.2, 0.25) is 0 Å². The number of benzene rings is 2. The van der Waals surface area contributed by atoms with E-state index in [9.17, 15) is 14.4 Å². The zero-order valence-corrected chi connectivity index (χ0v) is 22.7.